The van der Waals surface area contributed by atoms with Crippen LogP contribution in [0.2, 0.25) is 10.0 Å². The van der Waals surface area contributed by atoms with Crippen LogP contribution in [0.4, 0.5) is 14.9 Å². The van der Waals surface area contributed by atoms with Gasteiger partial charge in [0.15, 0.2) is 11.6 Å². The molecule has 0 saturated heterocycles. The summed E-state index contributed by atoms with van der Waals surface area (Å²) in [6, 6.07) is 12.7. The van der Waals surface area contributed by atoms with Gasteiger partial charge in [-0.15, -0.1) is 0 Å². The van der Waals surface area contributed by atoms with Gasteiger partial charge in [0.1, 0.15) is 23.4 Å². The highest BCUT2D eigenvalue weighted by Gasteiger charge is 2.37. The third-order valence-electron chi connectivity index (χ3n) is 7.87. The van der Waals surface area contributed by atoms with Gasteiger partial charge in [0.2, 0.25) is 17.7 Å². The molecule has 0 bridgehead atoms. The third kappa shape index (κ3) is 11.9. The molecule has 13 nitrogen and oxygen atoms in total. The van der Waals surface area contributed by atoms with E-state index >= 15 is 0 Å². The molecular formula is C36H39Cl2FN4O9S. The van der Waals surface area contributed by atoms with Crippen LogP contribution in [0.3, 0.4) is 0 Å². The summed E-state index contributed by atoms with van der Waals surface area (Å²) in [5.41, 5.74) is 0.387. The molecule has 0 saturated carbocycles. The lowest BCUT2D eigenvalue weighted by atomic mass is 9.92. The van der Waals surface area contributed by atoms with Gasteiger partial charge in [-0.25, -0.2) is 9.18 Å². The third-order valence-corrected chi connectivity index (χ3v) is 9.14. The molecule has 1 unspecified atom stereocenters. The molecule has 17 heteroatoms. The van der Waals surface area contributed by atoms with Crippen molar-refractivity contribution in [3.05, 3.63) is 93.2 Å². The van der Waals surface area contributed by atoms with Gasteiger partial charge in [-0.3, -0.25) is 19.2 Å². The summed E-state index contributed by atoms with van der Waals surface area (Å²) < 4.78 is 48.7. The lowest BCUT2D eigenvalue weighted by molar-refractivity contribution is -0.142. The van der Waals surface area contributed by atoms with Gasteiger partial charge >= 0.3 is 16.2 Å². The smallest absolute Gasteiger partial charge is 0.407 e. The second-order valence-electron chi connectivity index (χ2n) is 13.2. The summed E-state index contributed by atoms with van der Waals surface area (Å²) in [6.07, 6.45) is -0.540. The SMILES string of the molecule is CC(C)(C)OC(=O)NCCC(NC(=O)[C@@H]1Cc2ccc(OS(C)(=O)=O)cc2CN1C(=O)CCC(=O)c1ccccc1)C(=O)Nc1ccc(Cl)c(Cl)c1F. The van der Waals surface area contributed by atoms with Crippen LogP contribution in [0.25, 0.3) is 0 Å². The first-order chi connectivity index (χ1) is 24.8. The molecule has 2 atom stereocenters. The molecule has 0 radical (unpaired) electrons. The van der Waals surface area contributed by atoms with E-state index in [4.69, 9.17) is 32.1 Å². The Bertz CT molecular complexity index is 1990. The van der Waals surface area contributed by atoms with E-state index < -0.39 is 62.5 Å². The van der Waals surface area contributed by atoms with Crippen molar-refractivity contribution in [1.29, 1.82) is 0 Å². The molecule has 3 N–H and O–H groups in total. The molecule has 284 valence electrons. The maximum atomic E-state index is 14.9. The second-order valence-corrected chi connectivity index (χ2v) is 15.6. The van der Waals surface area contributed by atoms with Gasteiger partial charge in [0.05, 0.1) is 22.0 Å². The molecule has 4 amide bonds. The molecule has 0 aliphatic carbocycles. The molecule has 1 aliphatic rings. The Hall–Kier alpha value is -4.73. The zero-order chi connectivity index (χ0) is 39.1. The maximum Gasteiger partial charge on any atom is 0.407 e. The summed E-state index contributed by atoms with van der Waals surface area (Å²) in [4.78, 5) is 67.8. The molecular weight excluding hydrogens is 754 g/mol. The topological polar surface area (TPSA) is 177 Å². The molecule has 1 heterocycles. The van der Waals surface area contributed by atoms with Crippen LogP contribution in [-0.2, 0) is 42.2 Å². The maximum absolute atomic E-state index is 14.9. The van der Waals surface area contributed by atoms with Crippen LogP contribution in [0, 0.1) is 5.82 Å². The van der Waals surface area contributed by atoms with Crippen LogP contribution in [0.1, 0.15) is 61.5 Å². The van der Waals surface area contributed by atoms with Crippen molar-refractivity contribution in [2.45, 2.75) is 70.7 Å². The van der Waals surface area contributed by atoms with Gasteiger partial charge in [-0.1, -0.05) is 59.6 Å². The summed E-state index contributed by atoms with van der Waals surface area (Å²) in [7, 11) is -3.87. The molecule has 0 fully saturated rings. The minimum absolute atomic E-state index is 0.00423. The van der Waals surface area contributed by atoms with Crippen molar-refractivity contribution >= 4 is 68.6 Å². The van der Waals surface area contributed by atoms with Crippen LogP contribution in [0.5, 0.6) is 5.75 Å². The van der Waals surface area contributed by atoms with Crippen molar-refractivity contribution in [2.75, 3.05) is 18.1 Å². The molecule has 3 aromatic carbocycles. The number of ether oxygens (including phenoxy) is 1. The fourth-order valence-corrected chi connectivity index (χ4v) is 6.19. The van der Waals surface area contributed by atoms with Gasteiger partial charge in [-0.2, -0.15) is 8.42 Å². The Kier molecular flexibility index (Phi) is 13.5. The number of Topliss-reactive ketones (excluding diaryl/α,β-unsaturated/α-hetero) is 1. The van der Waals surface area contributed by atoms with Gasteiger partial charge in [0, 0.05) is 37.9 Å². The summed E-state index contributed by atoms with van der Waals surface area (Å²) in [5, 5.41) is 7.02. The van der Waals surface area contributed by atoms with Gasteiger partial charge in [-0.05, 0) is 62.6 Å². The number of carbonyl (C=O) groups is 5. The van der Waals surface area contributed by atoms with Crippen LogP contribution < -0.4 is 20.1 Å². The summed E-state index contributed by atoms with van der Waals surface area (Å²) in [6.45, 7) is 4.69. The molecule has 53 heavy (non-hydrogen) atoms. The fourth-order valence-electron chi connectivity index (χ4n) is 5.43. The molecule has 1 aliphatic heterocycles. The number of nitrogens with one attached hydrogen (secondary N) is 3. The number of hydrogen-bond acceptors (Lipinski definition) is 9. The number of amides is 4. The van der Waals surface area contributed by atoms with Gasteiger partial charge < -0.3 is 29.8 Å². The number of nitrogens with zero attached hydrogens (tertiary/aromatic N) is 1. The van der Waals surface area contributed by atoms with Crippen molar-refractivity contribution < 1.29 is 45.7 Å². The van der Waals surface area contributed by atoms with E-state index in [0.29, 0.717) is 16.7 Å². The Labute approximate surface area is 316 Å². The van der Waals surface area contributed by atoms with E-state index in [9.17, 15) is 36.8 Å². The lowest BCUT2D eigenvalue weighted by Gasteiger charge is -2.37. The Morgan fingerprint density at radius 2 is 1.68 bits per heavy atom. The summed E-state index contributed by atoms with van der Waals surface area (Å²) >= 11 is 11.8. The normalized spacial score (nSPS) is 14.7. The van der Waals surface area contributed by atoms with Gasteiger partial charge in [0.25, 0.3) is 0 Å². The molecule has 4 rings (SSSR count). The van der Waals surface area contributed by atoms with Crippen LogP contribution >= 0.6 is 23.2 Å². The van der Waals surface area contributed by atoms with E-state index in [-0.39, 0.29) is 61.0 Å². The number of anilines is 1. The Balaban J connectivity index is 1.60. The number of rotatable bonds is 13. The Morgan fingerprint density at radius 3 is 2.34 bits per heavy atom. The molecule has 0 spiro atoms. The minimum atomic E-state index is -3.87. The average Bonchev–Trinajstić information content (AvgIpc) is 3.08. The largest absolute Gasteiger partial charge is 0.444 e. The van der Waals surface area contributed by atoms with Crippen molar-refractivity contribution in [3.63, 3.8) is 0 Å². The number of carbonyl (C=O) groups excluding carboxylic acids is 5. The first-order valence-corrected chi connectivity index (χ1v) is 19.0. The van der Waals surface area contributed by atoms with Crippen LogP contribution in [0.15, 0.2) is 60.7 Å². The Morgan fingerprint density at radius 1 is 0.981 bits per heavy atom. The van der Waals surface area contributed by atoms with E-state index in [0.717, 1.165) is 6.26 Å². The van der Waals surface area contributed by atoms with Crippen molar-refractivity contribution in [1.82, 2.24) is 15.5 Å². The number of alkyl carbamates (subject to hydrolysis) is 1. The quantitative estimate of drug-likeness (QED) is 0.116. The standard InChI is InChI=1S/C36H39Cl2FN4O9S/c1-36(2,3)51-35(48)40-17-16-27(33(46)41-26-13-12-25(37)31(38)32(26)39)42-34(47)28-19-22-10-11-24(52-53(4,49)50)18-23(22)20-43(28)30(45)15-14-29(44)21-8-6-5-7-9-21/h5-13,18,27-28H,14-17,19-20H2,1-4H3,(H,40,48)(H,41,46)(H,42,47)/t27?,28-/m0/s1. The van der Waals surface area contributed by atoms with Crippen LogP contribution in [-0.4, -0.2) is 73.4 Å². The highest BCUT2D eigenvalue weighted by molar-refractivity contribution is 7.86. The number of hydrogen-bond donors (Lipinski definition) is 3. The first kappa shape index (κ1) is 41.0. The average molecular weight is 794 g/mol. The molecule has 3 aromatic rings. The highest BCUT2D eigenvalue weighted by atomic mass is 35.5. The predicted molar refractivity (Wildman–Crippen MR) is 196 cm³/mol. The van der Waals surface area contributed by atoms with Crippen molar-refractivity contribution in [3.8, 4) is 5.75 Å². The predicted octanol–water partition coefficient (Wildman–Crippen LogP) is 5.43. The van der Waals surface area contributed by atoms with E-state index in [1.807, 2.05) is 0 Å². The minimum Gasteiger partial charge on any atom is -0.444 e. The van der Waals surface area contributed by atoms with E-state index in [1.54, 1.807) is 57.2 Å². The zero-order valence-electron chi connectivity index (χ0n) is 29.3. The van der Waals surface area contributed by atoms with E-state index in [1.165, 1.54) is 29.2 Å². The lowest BCUT2D eigenvalue weighted by Crippen LogP contribution is -2.56. The number of halogens is 3. The van der Waals surface area contributed by atoms with Crippen molar-refractivity contribution in [2.24, 2.45) is 0 Å². The summed E-state index contributed by atoms with van der Waals surface area (Å²) in [5.74, 6) is -3.47. The fraction of sp³-hybridized carbons (Fsp3) is 0.361. The second kappa shape index (κ2) is 17.4. The zero-order valence-corrected chi connectivity index (χ0v) is 31.7. The molecule has 0 aromatic heterocycles. The number of ketones is 1. The van der Waals surface area contributed by atoms with E-state index in [2.05, 4.69) is 16.0 Å². The highest BCUT2D eigenvalue weighted by Crippen LogP contribution is 2.31. The number of fused-ring (bicyclic) bond motifs is 1. The number of benzene rings is 3. The monoisotopic (exact) mass is 792 g/mol. The first-order valence-electron chi connectivity index (χ1n) is 16.4.